The first-order valence-corrected chi connectivity index (χ1v) is 15.7. The fraction of sp³-hybridized carbons (Fsp3) is 0.818. The van der Waals surface area contributed by atoms with Gasteiger partial charge in [-0.25, -0.2) is 4.39 Å². The molecule has 1 atom stereocenters. The lowest BCUT2D eigenvalue weighted by Gasteiger charge is -2.37. The van der Waals surface area contributed by atoms with E-state index in [1.807, 2.05) is 6.07 Å². The van der Waals surface area contributed by atoms with Crippen LogP contribution in [0.25, 0.3) is 0 Å². The predicted octanol–water partition coefficient (Wildman–Crippen LogP) is 10.1. The van der Waals surface area contributed by atoms with Gasteiger partial charge in [-0.1, -0.05) is 52.4 Å². The van der Waals surface area contributed by atoms with Gasteiger partial charge in [0.15, 0.2) is 11.6 Å². The Labute approximate surface area is 219 Å². The van der Waals surface area contributed by atoms with Gasteiger partial charge in [0, 0.05) is 0 Å². The Morgan fingerprint density at radius 3 is 2.00 bits per heavy atom. The van der Waals surface area contributed by atoms with Crippen LogP contribution in [0.5, 0.6) is 5.75 Å². The van der Waals surface area contributed by atoms with Crippen molar-refractivity contribution in [2.75, 3.05) is 0 Å². The molecule has 0 saturated heterocycles. The van der Waals surface area contributed by atoms with Crippen molar-refractivity contribution in [1.29, 1.82) is 0 Å². The van der Waals surface area contributed by atoms with E-state index in [1.54, 1.807) is 0 Å². The number of fused-ring (bicyclic) bond motifs is 1. The van der Waals surface area contributed by atoms with E-state index in [1.165, 1.54) is 70.6 Å². The zero-order valence-electron chi connectivity index (χ0n) is 23.0. The average Bonchev–Trinajstić information content (AvgIpc) is 2.91. The standard InChI is InChI=1S/C33H50F2O/c1-3-4-23-9-16-27(17-10-23)30-21-28-18-20-29(36-33(28)32(35)31(30)34)19-11-24-7-14-26(15-8-24)25-12-5-22(2)6-13-25/h21-27,29H,3-20H2,1-2H3. The van der Waals surface area contributed by atoms with Crippen LogP contribution in [0.3, 0.4) is 0 Å². The molecule has 1 unspecified atom stereocenters. The molecule has 0 amide bonds. The number of benzene rings is 1. The van der Waals surface area contributed by atoms with Crippen LogP contribution in [-0.2, 0) is 6.42 Å². The number of halogens is 2. The molecule has 0 radical (unpaired) electrons. The third-order valence-electron chi connectivity index (χ3n) is 10.8. The fourth-order valence-corrected chi connectivity index (χ4v) is 8.34. The summed E-state index contributed by atoms with van der Waals surface area (Å²) in [4.78, 5) is 0. The van der Waals surface area contributed by atoms with Gasteiger partial charge >= 0.3 is 0 Å². The number of hydrogen-bond acceptors (Lipinski definition) is 1. The smallest absolute Gasteiger partial charge is 0.201 e. The minimum absolute atomic E-state index is 0.0410. The summed E-state index contributed by atoms with van der Waals surface area (Å²) in [5, 5.41) is 0. The molecule has 36 heavy (non-hydrogen) atoms. The lowest BCUT2D eigenvalue weighted by molar-refractivity contribution is 0.122. The average molecular weight is 501 g/mol. The highest BCUT2D eigenvalue weighted by Crippen LogP contribution is 2.44. The van der Waals surface area contributed by atoms with E-state index in [0.717, 1.165) is 80.1 Å². The van der Waals surface area contributed by atoms with E-state index in [0.29, 0.717) is 5.56 Å². The molecule has 3 heteroatoms. The molecule has 1 heterocycles. The Balaban J connectivity index is 1.11. The van der Waals surface area contributed by atoms with Crippen molar-refractivity contribution in [2.45, 2.75) is 141 Å². The van der Waals surface area contributed by atoms with Gasteiger partial charge < -0.3 is 4.74 Å². The highest BCUT2D eigenvalue weighted by Gasteiger charge is 2.33. The van der Waals surface area contributed by atoms with Crippen molar-refractivity contribution in [3.05, 3.63) is 28.8 Å². The first-order valence-electron chi connectivity index (χ1n) is 15.7. The van der Waals surface area contributed by atoms with Gasteiger partial charge in [-0.2, -0.15) is 4.39 Å². The Morgan fingerprint density at radius 1 is 0.722 bits per heavy atom. The second kappa shape index (κ2) is 12.2. The lowest BCUT2D eigenvalue weighted by Crippen LogP contribution is -2.27. The molecule has 5 rings (SSSR count). The molecular weight excluding hydrogens is 450 g/mol. The van der Waals surface area contributed by atoms with Crippen molar-refractivity contribution >= 4 is 0 Å². The molecule has 0 spiro atoms. The van der Waals surface area contributed by atoms with Crippen molar-refractivity contribution < 1.29 is 13.5 Å². The molecule has 3 aliphatic carbocycles. The van der Waals surface area contributed by atoms with Crippen molar-refractivity contribution in [3.8, 4) is 5.75 Å². The molecule has 3 fully saturated rings. The van der Waals surface area contributed by atoms with Crippen LogP contribution in [-0.4, -0.2) is 6.10 Å². The van der Waals surface area contributed by atoms with Gasteiger partial charge in [0.05, 0.1) is 6.10 Å². The monoisotopic (exact) mass is 500 g/mol. The van der Waals surface area contributed by atoms with Crippen LogP contribution in [0.2, 0.25) is 0 Å². The van der Waals surface area contributed by atoms with Crippen LogP contribution >= 0.6 is 0 Å². The Kier molecular flexibility index (Phi) is 8.95. The van der Waals surface area contributed by atoms with Crippen LogP contribution in [0.4, 0.5) is 8.78 Å². The zero-order valence-corrected chi connectivity index (χ0v) is 23.0. The maximum absolute atomic E-state index is 15.2. The minimum Gasteiger partial charge on any atom is -0.487 e. The fourth-order valence-electron chi connectivity index (χ4n) is 8.34. The van der Waals surface area contributed by atoms with Crippen molar-refractivity contribution in [3.63, 3.8) is 0 Å². The van der Waals surface area contributed by atoms with Gasteiger partial charge in [-0.15, -0.1) is 0 Å². The normalized spacial score (nSPS) is 35.2. The molecule has 1 aromatic rings. The van der Waals surface area contributed by atoms with E-state index in [4.69, 9.17) is 4.74 Å². The molecule has 3 saturated carbocycles. The third-order valence-corrected chi connectivity index (χ3v) is 10.8. The van der Waals surface area contributed by atoms with E-state index in [-0.39, 0.29) is 17.8 Å². The Hall–Kier alpha value is -1.12. The zero-order chi connectivity index (χ0) is 25.1. The summed E-state index contributed by atoms with van der Waals surface area (Å²) in [5.41, 5.74) is 1.52. The van der Waals surface area contributed by atoms with E-state index in [2.05, 4.69) is 13.8 Å². The summed E-state index contributed by atoms with van der Waals surface area (Å²) in [6.07, 6.45) is 22.0. The number of rotatable bonds is 7. The van der Waals surface area contributed by atoms with Crippen LogP contribution in [0, 0.1) is 41.2 Å². The Morgan fingerprint density at radius 2 is 1.33 bits per heavy atom. The molecule has 1 aromatic carbocycles. The topological polar surface area (TPSA) is 9.23 Å². The molecule has 1 nitrogen and oxygen atoms in total. The van der Waals surface area contributed by atoms with Crippen molar-refractivity contribution in [1.82, 2.24) is 0 Å². The second-order valence-corrected chi connectivity index (χ2v) is 13.2. The summed E-state index contributed by atoms with van der Waals surface area (Å²) >= 11 is 0. The van der Waals surface area contributed by atoms with Crippen molar-refractivity contribution in [2.24, 2.45) is 29.6 Å². The molecule has 202 valence electrons. The van der Waals surface area contributed by atoms with Gasteiger partial charge in [0.1, 0.15) is 0 Å². The third kappa shape index (κ3) is 6.12. The summed E-state index contributed by atoms with van der Waals surface area (Å²) in [5.74, 6) is 3.48. The summed E-state index contributed by atoms with van der Waals surface area (Å²) in [6, 6.07) is 1.96. The summed E-state index contributed by atoms with van der Waals surface area (Å²) in [6.45, 7) is 4.65. The van der Waals surface area contributed by atoms with Gasteiger partial charge in [0.25, 0.3) is 0 Å². The van der Waals surface area contributed by atoms with Gasteiger partial charge in [0.2, 0.25) is 5.82 Å². The van der Waals surface area contributed by atoms with Crippen LogP contribution in [0.1, 0.15) is 140 Å². The van der Waals surface area contributed by atoms with Gasteiger partial charge in [-0.3, -0.25) is 0 Å². The first kappa shape index (κ1) is 26.5. The largest absolute Gasteiger partial charge is 0.487 e. The SMILES string of the molecule is CCCC1CCC(c2cc3c(c(F)c2F)OC(CCC2CCC(C4CCC(C)CC4)CC2)CC3)CC1. The summed E-state index contributed by atoms with van der Waals surface area (Å²) < 4.78 is 36.5. The lowest BCUT2D eigenvalue weighted by atomic mass is 9.69. The maximum Gasteiger partial charge on any atom is 0.201 e. The molecular formula is C33H50F2O. The second-order valence-electron chi connectivity index (χ2n) is 13.2. The molecule has 0 N–H and O–H groups in total. The number of aryl methyl sites for hydroxylation is 1. The Bertz CT molecular complexity index is 842. The highest BCUT2D eigenvalue weighted by atomic mass is 19.2. The molecule has 4 aliphatic rings. The van der Waals surface area contributed by atoms with Crippen LogP contribution in [0.15, 0.2) is 6.07 Å². The van der Waals surface area contributed by atoms with E-state index in [9.17, 15) is 0 Å². The van der Waals surface area contributed by atoms with E-state index >= 15 is 8.78 Å². The molecule has 1 aliphatic heterocycles. The first-order chi connectivity index (χ1) is 17.5. The van der Waals surface area contributed by atoms with E-state index < -0.39 is 11.6 Å². The molecule has 0 aromatic heterocycles. The quantitative estimate of drug-likeness (QED) is 0.362. The number of ether oxygens (including phenoxy) is 1. The summed E-state index contributed by atoms with van der Waals surface area (Å²) in [7, 11) is 0. The number of hydrogen-bond donors (Lipinski definition) is 0. The maximum atomic E-state index is 15.2. The highest BCUT2D eigenvalue weighted by molar-refractivity contribution is 5.42. The minimum atomic E-state index is -0.717. The van der Waals surface area contributed by atoms with Crippen LogP contribution < -0.4 is 4.74 Å². The predicted molar refractivity (Wildman–Crippen MR) is 145 cm³/mol. The molecule has 0 bridgehead atoms. The van der Waals surface area contributed by atoms with Gasteiger partial charge in [-0.05, 0) is 130 Å².